The van der Waals surface area contributed by atoms with Gasteiger partial charge in [-0.1, -0.05) is 36.4 Å². The lowest BCUT2D eigenvalue weighted by molar-refractivity contribution is 0.808. The van der Waals surface area contributed by atoms with Gasteiger partial charge in [0.1, 0.15) is 0 Å². The van der Waals surface area contributed by atoms with E-state index in [-0.39, 0.29) is 0 Å². The van der Waals surface area contributed by atoms with Gasteiger partial charge in [0.2, 0.25) is 0 Å². The highest BCUT2D eigenvalue weighted by Crippen LogP contribution is 2.45. The molecule has 0 saturated heterocycles. The predicted octanol–water partition coefficient (Wildman–Crippen LogP) is 7.16. The van der Waals surface area contributed by atoms with Crippen LogP contribution in [0.25, 0.3) is 54.4 Å². The first-order chi connectivity index (χ1) is 13.3. The zero-order valence-corrected chi connectivity index (χ0v) is 16.3. The van der Waals surface area contributed by atoms with Crippen LogP contribution < -0.4 is 0 Å². The van der Waals surface area contributed by atoms with E-state index in [0.717, 1.165) is 13.1 Å². The summed E-state index contributed by atoms with van der Waals surface area (Å²) in [7, 11) is 0. The maximum absolute atomic E-state index is 2.51. The van der Waals surface area contributed by atoms with Gasteiger partial charge in [0.15, 0.2) is 0 Å². The van der Waals surface area contributed by atoms with Crippen molar-refractivity contribution in [3.05, 3.63) is 59.3 Å². The minimum absolute atomic E-state index is 0.972. The molecule has 3 heteroatoms. The third kappa shape index (κ3) is 1.75. The molecule has 0 amide bonds. The van der Waals surface area contributed by atoms with E-state index in [9.17, 15) is 0 Å². The molecule has 0 aliphatic heterocycles. The number of hydrogen-bond donors (Lipinski definition) is 0. The van der Waals surface area contributed by atoms with E-state index in [1.54, 1.807) is 0 Å². The van der Waals surface area contributed by atoms with Crippen molar-refractivity contribution < 1.29 is 0 Å². The average molecular weight is 369 g/mol. The van der Waals surface area contributed by atoms with Crippen LogP contribution in [-0.2, 0) is 13.1 Å². The van der Waals surface area contributed by atoms with Gasteiger partial charge in [0.05, 0.1) is 11.0 Å². The zero-order chi connectivity index (χ0) is 18.1. The molecule has 3 aromatic heterocycles. The third-order valence-electron chi connectivity index (χ3n) is 6.00. The van der Waals surface area contributed by atoms with Crippen LogP contribution in [0.4, 0.5) is 0 Å². The van der Waals surface area contributed by atoms with Gasteiger partial charge in [-0.2, -0.15) is 11.3 Å². The highest BCUT2D eigenvalue weighted by Gasteiger charge is 2.22. The molecule has 0 radical (unpaired) electrons. The maximum Gasteiger partial charge on any atom is 0.0745 e. The van der Waals surface area contributed by atoms with E-state index in [1.165, 1.54) is 54.4 Å². The summed E-state index contributed by atoms with van der Waals surface area (Å²) in [5.74, 6) is 0. The number of hydrogen-bond acceptors (Lipinski definition) is 1. The van der Waals surface area contributed by atoms with E-state index >= 15 is 0 Å². The zero-order valence-electron chi connectivity index (χ0n) is 15.5. The van der Waals surface area contributed by atoms with Crippen molar-refractivity contribution in [2.75, 3.05) is 0 Å². The van der Waals surface area contributed by atoms with Gasteiger partial charge in [0.25, 0.3) is 0 Å². The number of para-hydroxylation sites is 2. The monoisotopic (exact) mass is 368 g/mol. The minimum Gasteiger partial charge on any atom is -0.339 e. The first-order valence-corrected chi connectivity index (χ1v) is 10.6. The first-order valence-electron chi connectivity index (χ1n) is 9.64. The number of benzene rings is 3. The number of fused-ring (bicyclic) bond motifs is 10. The maximum atomic E-state index is 2.51. The molecule has 0 atom stereocenters. The quantitative estimate of drug-likeness (QED) is 0.307. The van der Waals surface area contributed by atoms with Crippen molar-refractivity contribution in [1.29, 1.82) is 0 Å². The summed E-state index contributed by atoms with van der Waals surface area (Å²) in [6, 6.07) is 17.7. The average Bonchev–Trinajstić information content (AvgIpc) is 3.39. The fraction of sp³-hybridized carbons (Fsp3) is 0.167. The van der Waals surface area contributed by atoms with Crippen LogP contribution in [0.2, 0.25) is 0 Å². The molecule has 0 bridgehead atoms. The molecule has 0 saturated carbocycles. The topological polar surface area (TPSA) is 9.86 Å². The van der Waals surface area contributed by atoms with Gasteiger partial charge < -0.3 is 9.13 Å². The molecule has 0 spiro atoms. The van der Waals surface area contributed by atoms with Crippen molar-refractivity contribution in [3.8, 4) is 0 Å². The Balaban J connectivity index is 2.10. The van der Waals surface area contributed by atoms with Crippen LogP contribution in [0, 0.1) is 0 Å². The number of rotatable bonds is 2. The van der Waals surface area contributed by atoms with E-state index in [2.05, 4.69) is 82.3 Å². The van der Waals surface area contributed by atoms with Crippen molar-refractivity contribution in [3.63, 3.8) is 0 Å². The van der Waals surface area contributed by atoms with E-state index in [0.29, 0.717) is 0 Å². The molecule has 0 aliphatic rings. The molecule has 6 aromatic rings. The van der Waals surface area contributed by atoms with Crippen molar-refractivity contribution in [2.45, 2.75) is 26.9 Å². The van der Waals surface area contributed by atoms with Crippen LogP contribution in [0.5, 0.6) is 0 Å². The smallest absolute Gasteiger partial charge is 0.0745 e. The second-order valence-corrected chi connectivity index (χ2v) is 7.91. The van der Waals surface area contributed by atoms with Crippen molar-refractivity contribution >= 4 is 65.7 Å². The Labute approximate surface area is 161 Å². The summed E-state index contributed by atoms with van der Waals surface area (Å²) < 4.78 is 5.02. The number of thiophene rings is 1. The molecule has 0 fully saturated rings. The minimum atomic E-state index is 0.972. The molecule has 0 aliphatic carbocycles. The molecule has 0 unspecified atom stereocenters. The summed E-state index contributed by atoms with van der Waals surface area (Å²) in [6.45, 7) is 6.46. The lowest BCUT2D eigenvalue weighted by atomic mass is 10.0. The van der Waals surface area contributed by atoms with E-state index in [4.69, 9.17) is 0 Å². The van der Waals surface area contributed by atoms with Crippen LogP contribution in [-0.4, -0.2) is 9.13 Å². The number of nitrogens with zero attached hydrogens (tertiary/aromatic N) is 2. The lowest BCUT2D eigenvalue weighted by Gasteiger charge is -2.09. The summed E-state index contributed by atoms with van der Waals surface area (Å²) in [5.41, 5.74) is 5.45. The van der Waals surface area contributed by atoms with Crippen molar-refractivity contribution in [2.24, 2.45) is 0 Å². The summed E-state index contributed by atoms with van der Waals surface area (Å²) in [5, 5.41) is 13.0. The van der Waals surface area contributed by atoms with Gasteiger partial charge in [-0.15, -0.1) is 0 Å². The molecule has 2 nitrogen and oxygen atoms in total. The van der Waals surface area contributed by atoms with Gasteiger partial charge in [-0.05, 0) is 36.7 Å². The van der Waals surface area contributed by atoms with Gasteiger partial charge >= 0.3 is 0 Å². The van der Waals surface area contributed by atoms with Gasteiger partial charge in [-0.25, -0.2) is 0 Å². The molecule has 27 heavy (non-hydrogen) atoms. The normalized spacial score (nSPS) is 12.4. The third-order valence-corrected chi connectivity index (χ3v) is 6.74. The Kier molecular flexibility index (Phi) is 3.04. The Morgan fingerprint density at radius 1 is 0.630 bits per heavy atom. The number of aromatic nitrogens is 2. The van der Waals surface area contributed by atoms with Gasteiger partial charge in [0, 0.05) is 56.4 Å². The van der Waals surface area contributed by atoms with Crippen LogP contribution in [0.3, 0.4) is 0 Å². The molecular weight excluding hydrogens is 348 g/mol. The van der Waals surface area contributed by atoms with Crippen LogP contribution in [0.1, 0.15) is 13.8 Å². The number of aryl methyl sites for hydroxylation is 2. The molecular formula is C24H20N2S. The molecule has 3 aromatic carbocycles. The summed E-state index contributed by atoms with van der Waals surface area (Å²) in [4.78, 5) is 0. The molecule has 0 N–H and O–H groups in total. The van der Waals surface area contributed by atoms with Crippen LogP contribution >= 0.6 is 11.3 Å². The fourth-order valence-electron chi connectivity index (χ4n) is 4.99. The van der Waals surface area contributed by atoms with E-state index < -0.39 is 0 Å². The van der Waals surface area contributed by atoms with Crippen molar-refractivity contribution in [1.82, 2.24) is 9.13 Å². The summed E-state index contributed by atoms with van der Waals surface area (Å²) >= 11 is 1.81. The Hall–Kier alpha value is -2.78. The SMILES string of the molecule is CCn1c2ccccc2c2c3cscc3c3c4ccccc4n(CC)c3c21. The lowest BCUT2D eigenvalue weighted by Crippen LogP contribution is -1.98. The van der Waals surface area contributed by atoms with Crippen LogP contribution in [0.15, 0.2) is 59.3 Å². The Bertz CT molecular complexity index is 1380. The predicted molar refractivity (Wildman–Crippen MR) is 119 cm³/mol. The second-order valence-electron chi connectivity index (χ2n) is 7.17. The molecule has 132 valence electrons. The highest BCUT2D eigenvalue weighted by molar-refractivity contribution is 7.09. The van der Waals surface area contributed by atoms with Gasteiger partial charge in [-0.3, -0.25) is 0 Å². The standard InChI is InChI=1S/C24H20N2S/c1-3-25-19-11-7-5-9-15(19)21-17-13-27-14-18(17)22-16-10-6-8-12-20(16)26(4-2)24(22)23(21)25/h5-14H,3-4H2,1-2H3. The van der Waals surface area contributed by atoms with E-state index in [1.807, 2.05) is 11.3 Å². The Morgan fingerprint density at radius 2 is 1.07 bits per heavy atom. The Morgan fingerprint density at radius 3 is 1.52 bits per heavy atom. The molecule has 3 heterocycles. The first kappa shape index (κ1) is 15.3. The highest BCUT2D eigenvalue weighted by atomic mass is 32.1. The fourth-order valence-corrected chi connectivity index (χ4v) is 5.82. The summed E-state index contributed by atoms with van der Waals surface area (Å²) in [6.07, 6.45) is 0. The largest absolute Gasteiger partial charge is 0.339 e. The molecule has 6 rings (SSSR count). The second kappa shape index (κ2) is 5.37.